The monoisotopic (exact) mass is 482 g/mol. The number of hydrogen-bond acceptors (Lipinski definition) is 8. The van der Waals surface area contributed by atoms with E-state index in [4.69, 9.17) is 4.74 Å². The van der Waals surface area contributed by atoms with Crippen LogP contribution in [0.1, 0.15) is 35.8 Å². The number of rotatable bonds is 6. The Kier molecular flexibility index (Phi) is 6.78. The van der Waals surface area contributed by atoms with Gasteiger partial charge in [0.1, 0.15) is 5.56 Å². The van der Waals surface area contributed by atoms with E-state index in [1.165, 1.54) is 25.1 Å². The van der Waals surface area contributed by atoms with Gasteiger partial charge in [-0.3, -0.25) is 9.69 Å². The van der Waals surface area contributed by atoms with E-state index in [-0.39, 0.29) is 17.1 Å². The molecule has 0 aromatic carbocycles. The number of pyridine rings is 1. The summed E-state index contributed by atoms with van der Waals surface area (Å²) in [5, 5.41) is 6.15. The summed E-state index contributed by atoms with van der Waals surface area (Å²) in [7, 11) is 0. The van der Waals surface area contributed by atoms with E-state index < -0.39 is 11.7 Å². The number of hydrogen-bond donors (Lipinski definition) is 2. The Morgan fingerprint density at radius 1 is 1.20 bits per heavy atom. The zero-order chi connectivity index (χ0) is 24.4. The first-order valence-electron chi connectivity index (χ1n) is 12.2. The summed E-state index contributed by atoms with van der Waals surface area (Å²) in [5.74, 6) is -0.213. The van der Waals surface area contributed by atoms with Crippen LogP contribution in [-0.4, -0.2) is 82.1 Å². The third kappa shape index (κ3) is 5.06. The van der Waals surface area contributed by atoms with Gasteiger partial charge in [0, 0.05) is 56.9 Å². The van der Waals surface area contributed by atoms with Crippen molar-refractivity contribution in [3.63, 3.8) is 0 Å². The number of amides is 1. The number of anilines is 2. The molecule has 0 spiro atoms. The third-order valence-corrected chi connectivity index (χ3v) is 6.57. The maximum absolute atomic E-state index is 14.4. The number of nitrogens with zero attached hydrogens (tertiary/aromatic N) is 6. The highest BCUT2D eigenvalue weighted by atomic mass is 19.1. The van der Waals surface area contributed by atoms with Crippen LogP contribution in [0.2, 0.25) is 0 Å². The molecule has 0 bridgehead atoms. The van der Waals surface area contributed by atoms with Crippen LogP contribution in [0.5, 0.6) is 5.88 Å². The zero-order valence-corrected chi connectivity index (χ0v) is 20.1. The minimum atomic E-state index is -0.517. The van der Waals surface area contributed by atoms with E-state index in [0.29, 0.717) is 30.0 Å². The van der Waals surface area contributed by atoms with Gasteiger partial charge in [0.25, 0.3) is 5.91 Å². The quantitative estimate of drug-likeness (QED) is 0.551. The number of aryl methyl sites for hydroxylation is 1. The van der Waals surface area contributed by atoms with Crippen LogP contribution >= 0.6 is 0 Å². The molecule has 1 amide bonds. The van der Waals surface area contributed by atoms with Crippen LogP contribution in [0.15, 0.2) is 24.7 Å². The van der Waals surface area contributed by atoms with Crippen molar-refractivity contribution in [1.29, 1.82) is 0 Å². The number of imidazole rings is 1. The van der Waals surface area contributed by atoms with Crippen LogP contribution in [0.3, 0.4) is 0 Å². The van der Waals surface area contributed by atoms with Gasteiger partial charge in [-0.05, 0) is 39.8 Å². The van der Waals surface area contributed by atoms with E-state index in [9.17, 15) is 9.18 Å². The predicted octanol–water partition coefficient (Wildman–Crippen LogP) is 2.10. The van der Waals surface area contributed by atoms with Crippen LogP contribution in [-0.2, 0) is 0 Å². The fraction of sp³-hybridized carbons (Fsp3) is 0.500. The molecule has 5 rings (SSSR count). The highest BCUT2D eigenvalue weighted by Gasteiger charge is 2.27. The maximum Gasteiger partial charge on any atom is 0.262 e. The molecule has 2 saturated heterocycles. The van der Waals surface area contributed by atoms with E-state index in [0.717, 1.165) is 39.3 Å². The average Bonchev–Trinajstić information content (AvgIpc) is 3.25. The molecule has 0 radical (unpaired) electrons. The summed E-state index contributed by atoms with van der Waals surface area (Å²) < 4.78 is 21.7. The molecule has 2 fully saturated rings. The molecule has 10 nitrogen and oxygen atoms in total. The van der Waals surface area contributed by atoms with Crippen molar-refractivity contribution in [1.82, 2.24) is 29.6 Å². The molecule has 0 unspecified atom stereocenters. The molecular weight excluding hydrogens is 451 g/mol. The van der Waals surface area contributed by atoms with Crippen molar-refractivity contribution in [2.75, 3.05) is 56.1 Å². The SMILES string of the molecule is CCOc1nc(N2CCN(C3CCNCC3)CC2)ncc1C(=O)Nc1cc(F)c2nc(C)cn2c1. The Balaban J connectivity index is 1.30. The Labute approximate surface area is 203 Å². The number of aromatic nitrogens is 4. The standard InChI is InChI=1S/C24H31FN8O2/c1-3-35-23-19(22(34)29-17-12-20(25)21-28-16(2)14-33(21)15-17)13-27-24(30-23)32-10-8-31(9-11-32)18-4-6-26-7-5-18/h12-15,18,26H,3-11H2,1-2H3,(H,29,34). The maximum atomic E-state index is 14.4. The second-order valence-electron chi connectivity index (χ2n) is 8.97. The van der Waals surface area contributed by atoms with E-state index in [2.05, 4.69) is 35.4 Å². The molecule has 5 heterocycles. The van der Waals surface area contributed by atoms with Crippen molar-refractivity contribution in [3.05, 3.63) is 41.7 Å². The lowest BCUT2D eigenvalue weighted by atomic mass is 10.0. The summed E-state index contributed by atoms with van der Waals surface area (Å²) in [6.45, 7) is 9.71. The Bertz CT molecular complexity index is 1200. The largest absolute Gasteiger partial charge is 0.477 e. The van der Waals surface area contributed by atoms with Crippen molar-refractivity contribution in [2.24, 2.45) is 0 Å². The lowest BCUT2D eigenvalue weighted by Crippen LogP contribution is -2.53. The van der Waals surface area contributed by atoms with Crippen LogP contribution in [0.4, 0.5) is 16.0 Å². The molecule has 2 aliphatic heterocycles. The minimum absolute atomic E-state index is 0.200. The number of nitrogens with one attached hydrogen (secondary N) is 2. The van der Waals surface area contributed by atoms with E-state index in [1.807, 2.05) is 6.92 Å². The fourth-order valence-corrected chi connectivity index (χ4v) is 4.82. The van der Waals surface area contributed by atoms with Gasteiger partial charge < -0.3 is 24.7 Å². The van der Waals surface area contributed by atoms with Gasteiger partial charge in [0.2, 0.25) is 11.8 Å². The van der Waals surface area contributed by atoms with Crippen molar-refractivity contribution < 1.29 is 13.9 Å². The summed E-state index contributed by atoms with van der Waals surface area (Å²) in [6, 6.07) is 1.89. The molecule has 3 aromatic rings. The molecule has 2 N–H and O–H groups in total. The Hall–Kier alpha value is -3.31. The van der Waals surface area contributed by atoms with Gasteiger partial charge in [-0.15, -0.1) is 0 Å². The van der Waals surface area contributed by atoms with Gasteiger partial charge in [0.15, 0.2) is 11.5 Å². The predicted molar refractivity (Wildman–Crippen MR) is 131 cm³/mol. The molecule has 35 heavy (non-hydrogen) atoms. The van der Waals surface area contributed by atoms with Gasteiger partial charge in [-0.25, -0.2) is 14.4 Å². The third-order valence-electron chi connectivity index (χ3n) is 6.57. The Morgan fingerprint density at radius 2 is 1.97 bits per heavy atom. The van der Waals surface area contributed by atoms with Crippen LogP contribution < -0.4 is 20.3 Å². The van der Waals surface area contributed by atoms with E-state index >= 15 is 0 Å². The number of piperazine rings is 1. The topological polar surface area (TPSA) is 99.9 Å². The first-order chi connectivity index (χ1) is 17.0. The van der Waals surface area contributed by atoms with Crippen molar-refractivity contribution >= 4 is 23.2 Å². The number of ether oxygens (including phenoxy) is 1. The molecule has 186 valence electrons. The lowest BCUT2D eigenvalue weighted by molar-refractivity contribution is 0.102. The van der Waals surface area contributed by atoms with Gasteiger partial charge >= 0.3 is 0 Å². The summed E-state index contributed by atoms with van der Waals surface area (Å²) in [6.07, 6.45) is 7.17. The number of halogens is 1. The number of piperidine rings is 1. The number of carbonyl (C=O) groups is 1. The summed E-state index contributed by atoms with van der Waals surface area (Å²) >= 11 is 0. The average molecular weight is 483 g/mol. The first-order valence-corrected chi connectivity index (χ1v) is 12.2. The van der Waals surface area contributed by atoms with Gasteiger partial charge in [0.05, 0.1) is 18.0 Å². The van der Waals surface area contributed by atoms with Crippen molar-refractivity contribution in [2.45, 2.75) is 32.7 Å². The highest BCUT2D eigenvalue weighted by Crippen LogP contribution is 2.23. The first kappa shape index (κ1) is 23.4. The molecule has 2 aliphatic rings. The highest BCUT2D eigenvalue weighted by molar-refractivity contribution is 6.05. The molecule has 11 heteroatoms. The van der Waals surface area contributed by atoms with Crippen LogP contribution in [0, 0.1) is 12.7 Å². The molecular formula is C24H31FN8O2. The second kappa shape index (κ2) is 10.1. The van der Waals surface area contributed by atoms with Gasteiger partial charge in [-0.1, -0.05) is 0 Å². The molecule has 0 aliphatic carbocycles. The normalized spacial score (nSPS) is 17.6. The smallest absolute Gasteiger partial charge is 0.262 e. The minimum Gasteiger partial charge on any atom is -0.477 e. The van der Waals surface area contributed by atoms with Crippen LogP contribution in [0.25, 0.3) is 5.65 Å². The number of fused-ring (bicyclic) bond motifs is 1. The Morgan fingerprint density at radius 3 is 2.71 bits per heavy atom. The zero-order valence-electron chi connectivity index (χ0n) is 20.1. The van der Waals surface area contributed by atoms with Crippen molar-refractivity contribution in [3.8, 4) is 5.88 Å². The number of carbonyl (C=O) groups excluding carboxylic acids is 1. The molecule has 0 saturated carbocycles. The lowest BCUT2D eigenvalue weighted by Gasteiger charge is -2.40. The molecule has 0 atom stereocenters. The molecule has 3 aromatic heterocycles. The second-order valence-corrected chi connectivity index (χ2v) is 8.97. The van der Waals surface area contributed by atoms with E-state index in [1.54, 1.807) is 23.7 Å². The summed E-state index contributed by atoms with van der Waals surface area (Å²) in [5.41, 5.74) is 1.40. The summed E-state index contributed by atoms with van der Waals surface area (Å²) in [4.78, 5) is 30.9. The van der Waals surface area contributed by atoms with Gasteiger partial charge in [-0.2, -0.15) is 4.98 Å². The fourth-order valence-electron chi connectivity index (χ4n) is 4.82.